The Morgan fingerprint density at radius 2 is 0.791 bits per heavy atom. The molecule has 530 valence electrons. The Morgan fingerprint density at radius 1 is 0.440 bits per heavy atom. The quantitative estimate of drug-likeness (QED) is 0.0195. The van der Waals surface area contributed by atoms with E-state index in [1.807, 2.05) is 6.08 Å². The van der Waals surface area contributed by atoms with Crippen LogP contribution in [0.15, 0.2) is 72.9 Å². The topological polar surface area (TPSA) is 175 Å². The number of nitrogens with one attached hydrogen (secondary N) is 1. The Balaban J connectivity index is 2.49. The van der Waals surface area contributed by atoms with Crippen molar-refractivity contribution in [3.63, 3.8) is 0 Å². The minimum absolute atomic E-state index is 0.127. The van der Waals surface area contributed by atoms with Gasteiger partial charge in [0.05, 0.1) is 25.4 Å². The summed E-state index contributed by atoms with van der Waals surface area (Å²) in [5.41, 5.74) is 0. The highest BCUT2D eigenvalue weighted by atomic mass is 16.7. The van der Waals surface area contributed by atoms with Gasteiger partial charge in [-0.05, 0) is 70.6 Å². The molecule has 1 fully saturated rings. The molecule has 0 aromatic rings. The number of esters is 1. The summed E-state index contributed by atoms with van der Waals surface area (Å²) in [6.45, 7) is 5.72. The Morgan fingerprint density at radius 3 is 1.19 bits per heavy atom. The van der Waals surface area contributed by atoms with Crippen LogP contribution in [0.5, 0.6) is 0 Å². The summed E-state index contributed by atoms with van der Waals surface area (Å²) in [6, 6.07) is -1.03. The largest absolute Gasteiger partial charge is 0.454 e. The third kappa shape index (κ3) is 54.0. The van der Waals surface area contributed by atoms with E-state index in [-0.39, 0.29) is 19.4 Å². The van der Waals surface area contributed by atoms with Crippen LogP contribution < -0.4 is 5.32 Å². The number of hydrogen-bond donors (Lipinski definition) is 6. The summed E-state index contributed by atoms with van der Waals surface area (Å²) in [5.74, 6) is -1.19. The minimum atomic E-state index is -1.61. The van der Waals surface area contributed by atoms with E-state index in [2.05, 4.69) is 86.8 Å². The van der Waals surface area contributed by atoms with Gasteiger partial charge in [-0.15, -0.1) is 0 Å². The van der Waals surface area contributed by atoms with Crippen LogP contribution in [-0.2, 0) is 23.8 Å². The molecule has 1 saturated heterocycles. The van der Waals surface area contributed by atoms with Crippen LogP contribution in [0, 0.1) is 0 Å². The van der Waals surface area contributed by atoms with Gasteiger partial charge in [-0.3, -0.25) is 9.59 Å². The molecule has 0 aromatic carbocycles. The summed E-state index contributed by atoms with van der Waals surface area (Å²) in [4.78, 5) is 26.7. The van der Waals surface area contributed by atoms with Gasteiger partial charge < -0.3 is 45.1 Å². The zero-order valence-electron chi connectivity index (χ0n) is 59.2. The van der Waals surface area contributed by atoms with Gasteiger partial charge in [0.15, 0.2) is 12.4 Å². The number of aliphatic hydroxyl groups excluding tert-OH is 5. The minimum Gasteiger partial charge on any atom is -0.454 e. The van der Waals surface area contributed by atoms with Crippen molar-refractivity contribution in [3.8, 4) is 0 Å². The van der Waals surface area contributed by atoms with Crippen molar-refractivity contribution < 1.29 is 49.3 Å². The van der Waals surface area contributed by atoms with Crippen LogP contribution in [0.2, 0.25) is 0 Å². The third-order valence-electron chi connectivity index (χ3n) is 18.1. The molecule has 8 unspecified atom stereocenters. The number of ether oxygens (including phenoxy) is 3. The lowest BCUT2D eigenvalue weighted by atomic mass is 9.99. The normalized spacial score (nSPS) is 18.4. The van der Waals surface area contributed by atoms with Crippen LogP contribution >= 0.6 is 0 Å². The second-order valence-corrected chi connectivity index (χ2v) is 26.7. The van der Waals surface area contributed by atoms with Gasteiger partial charge in [0, 0.05) is 6.42 Å². The Bertz CT molecular complexity index is 1760. The Kier molecular flexibility index (Phi) is 63.5. The number of amides is 1. The lowest BCUT2D eigenvalue weighted by Crippen LogP contribution is -2.61. The molecule has 1 aliphatic rings. The van der Waals surface area contributed by atoms with Gasteiger partial charge >= 0.3 is 5.97 Å². The van der Waals surface area contributed by atoms with Crippen LogP contribution in [0.25, 0.3) is 0 Å². The number of carbonyl (C=O) groups is 2. The van der Waals surface area contributed by atoms with E-state index in [9.17, 15) is 35.1 Å². The third-order valence-corrected chi connectivity index (χ3v) is 18.1. The molecule has 0 spiro atoms. The second kappa shape index (κ2) is 67.1. The first-order valence-corrected chi connectivity index (χ1v) is 38.7. The predicted molar refractivity (Wildman–Crippen MR) is 384 cm³/mol. The van der Waals surface area contributed by atoms with Crippen LogP contribution in [0.4, 0.5) is 0 Å². The molecule has 0 aliphatic carbocycles. The summed E-state index contributed by atoms with van der Waals surface area (Å²) in [6.07, 6.45) is 78.2. The monoisotopic (exact) mass is 1280 g/mol. The van der Waals surface area contributed by atoms with Gasteiger partial charge in [-0.25, -0.2) is 0 Å². The molecule has 1 amide bonds. The number of rotatable bonds is 67. The summed E-state index contributed by atoms with van der Waals surface area (Å²) >= 11 is 0. The fourth-order valence-electron chi connectivity index (χ4n) is 12.1. The molecule has 8 atom stereocenters. The number of allylic oxidation sites excluding steroid dienone is 11. The first-order chi connectivity index (χ1) is 44.7. The van der Waals surface area contributed by atoms with E-state index >= 15 is 0 Å². The molecule has 6 N–H and O–H groups in total. The Hall–Kier alpha value is -2.90. The highest BCUT2D eigenvalue weighted by Crippen LogP contribution is 2.27. The molecule has 0 radical (unpaired) electrons. The molecular weight excluding hydrogens is 1130 g/mol. The zero-order valence-corrected chi connectivity index (χ0v) is 59.2. The average molecular weight is 1280 g/mol. The first-order valence-electron chi connectivity index (χ1n) is 38.7. The van der Waals surface area contributed by atoms with Gasteiger partial charge in [0.25, 0.3) is 0 Å². The molecule has 1 aliphatic heterocycles. The van der Waals surface area contributed by atoms with Crippen molar-refractivity contribution in [2.24, 2.45) is 0 Å². The number of aliphatic hydroxyl groups is 5. The van der Waals surface area contributed by atoms with E-state index in [1.54, 1.807) is 6.08 Å². The SMILES string of the molecule is CC/C=C\C/C=C\C/C=C\C/C=C\C/C=C\CCCCCCCCCCCCC(O)C(=O)NC(COC1OC(CO)C(O)C(O)C1OC(=O)CCCCCCCCCCCCCCCCCCCCCCCCCCC)C(O)/C=C/CCCCCCCCCCC. The maximum atomic E-state index is 13.5. The number of hydrogen-bond acceptors (Lipinski definition) is 10. The van der Waals surface area contributed by atoms with Crippen LogP contribution in [0.3, 0.4) is 0 Å². The van der Waals surface area contributed by atoms with Crippen LogP contribution in [-0.4, -0.2) is 99.6 Å². The fourth-order valence-corrected chi connectivity index (χ4v) is 12.1. The van der Waals surface area contributed by atoms with Gasteiger partial charge in [0.1, 0.15) is 24.4 Å². The van der Waals surface area contributed by atoms with Crippen molar-refractivity contribution in [2.45, 2.75) is 410 Å². The van der Waals surface area contributed by atoms with E-state index in [1.165, 1.54) is 218 Å². The second-order valence-electron chi connectivity index (χ2n) is 26.7. The molecule has 91 heavy (non-hydrogen) atoms. The van der Waals surface area contributed by atoms with Gasteiger partial charge in [-0.2, -0.15) is 0 Å². The molecular formula is C80H145NO10. The van der Waals surface area contributed by atoms with Crippen LogP contribution in [0.1, 0.15) is 361 Å². The van der Waals surface area contributed by atoms with Crippen molar-refractivity contribution in [1.29, 1.82) is 0 Å². The van der Waals surface area contributed by atoms with Gasteiger partial charge in [0.2, 0.25) is 5.91 Å². The summed E-state index contributed by atoms with van der Waals surface area (Å²) in [7, 11) is 0. The highest BCUT2D eigenvalue weighted by molar-refractivity contribution is 5.80. The molecule has 1 heterocycles. The molecule has 0 saturated carbocycles. The maximum absolute atomic E-state index is 13.5. The summed E-state index contributed by atoms with van der Waals surface area (Å²) in [5, 5.41) is 57.3. The van der Waals surface area contributed by atoms with E-state index in [4.69, 9.17) is 14.2 Å². The zero-order chi connectivity index (χ0) is 66.0. The van der Waals surface area contributed by atoms with E-state index in [0.717, 1.165) is 96.3 Å². The molecule has 0 aromatic heterocycles. The molecule has 11 nitrogen and oxygen atoms in total. The number of unbranched alkanes of at least 4 members (excludes halogenated alkanes) is 43. The average Bonchev–Trinajstić information content (AvgIpc) is 1.02. The highest BCUT2D eigenvalue weighted by Gasteiger charge is 2.47. The van der Waals surface area contributed by atoms with Gasteiger partial charge in [-0.1, -0.05) is 357 Å². The smallest absolute Gasteiger partial charge is 0.306 e. The Labute approximate surface area is 560 Å². The van der Waals surface area contributed by atoms with Crippen molar-refractivity contribution in [1.82, 2.24) is 5.32 Å². The molecule has 1 rings (SSSR count). The van der Waals surface area contributed by atoms with Crippen molar-refractivity contribution >= 4 is 11.9 Å². The summed E-state index contributed by atoms with van der Waals surface area (Å²) < 4.78 is 17.7. The van der Waals surface area contributed by atoms with Crippen molar-refractivity contribution in [3.05, 3.63) is 72.9 Å². The number of carbonyl (C=O) groups excluding carboxylic acids is 2. The lowest BCUT2D eigenvalue weighted by molar-refractivity contribution is -0.305. The molecule has 11 heteroatoms. The fraction of sp³-hybridized carbons (Fsp3) is 0.825. The first kappa shape index (κ1) is 86.1. The lowest BCUT2D eigenvalue weighted by Gasteiger charge is -2.41. The van der Waals surface area contributed by atoms with E-state index in [0.29, 0.717) is 12.8 Å². The molecule has 0 bridgehead atoms. The van der Waals surface area contributed by atoms with Crippen molar-refractivity contribution in [2.75, 3.05) is 13.2 Å². The van der Waals surface area contributed by atoms with E-state index < -0.39 is 67.4 Å². The maximum Gasteiger partial charge on any atom is 0.306 e. The standard InChI is InChI=1S/C80H145NO10/c1-4-7-10-13-16-19-22-24-26-28-30-32-34-36-38-39-41-43-45-47-49-52-55-58-61-64-67-73(84)79(88)81-71(72(83)66-63-60-57-54-51-21-18-15-12-9-6-3)70-89-80-78(77(87)76(86)74(69-82)90-80)91-75(85)68-65-62-59-56-53-50-48-46-44-42-40-37-35-33-31-29-27-25-23-20-17-14-11-8-5-2/h7,10,16,19,24,26,30,32,36,38,63,66,71-74,76-78,80,82-84,86-87H,4-6,8-9,11-15,17-18,20-23,25,27-29,31,33-35,37,39-62,64-65,67-70H2,1-3H3,(H,81,88)/b10-7-,19-16-,26-24-,32-30-,38-36-,66-63+. The predicted octanol–water partition coefficient (Wildman–Crippen LogP) is 20.6.